The molecule has 0 aliphatic carbocycles. The first-order chi connectivity index (χ1) is 7.49. The zero-order valence-corrected chi connectivity index (χ0v) is 17.0. The van der Waals surface area contributed by atoms with E-state index < -0.39 is 16.8 Å². The van der Waals surface area contributed by atoms with Crippen LogP contribution in [0.15, 0.2) is 0 Å². The third-order valence-electron chi connectivity index (χ3n) is 5.24. The summed E-state index contributed by atoms with van der Waals surface area (Å²) in [6.07, 6.45) is 6.20. The van der Waals surface area contributed by atoms with Gasteiger partial charge in [0.05, 0.1) is 0 Å². The van der Waals surface area contributed by atoms with Crippen molar-refractivity contribution in [1.82, 2.24) is 0 Å². The molecule has 17 heavy (non-hydrogen) atoms. The Balaban J connectivity index is 3.59. The van der Waals surface area contributed by atoms with Crippen molar-refractivity contribution in [1.29, 1.82) is 0 Å². The van der Waals surface area contributed by atoms with E-state index in [-0.39, 0.29) is 0 Å². The van der Waals surface area contributed by atoms with Crippen molar-refractivity contribution in [3.63, 3.8) is 0 Å². The summed E-state index contributed by atoms with van der Waals surface area (Å²) in [6.45, 7) is 5.45. The topological polar surface area (TPSA) is 0 Å². The summed E-state index contributed by atoms with van der Waals surface area (Å²) >= 11 is 28.3. The van der Waals surface area contributed by atoms with Crippen LogP contribution in [0, 0.1) is 0 Å². The molecule has 0 unspecified atom stereocenters. The predicted molar refractivity (Wildman–Crippen MR) is 94.9 cm³/mol. The van der Waals surface area contributed by atoms with Gasteiger partial charge in [-0.3, -0.25) is 0 Å². The first kappa shape index (κ1) is 17.3. The van der Waals surface area contributed by atoms with Crippen molar-refractivity contribution < 1.29 is 0 Å². The van der Waals surface area contributed by atoms with Crippen LogP contribution in [-0.4, -0.2) is 40.2 Å². The Morgan fingerprint density at radius 1 is 0.706 bits per heavy atom. The van der Waals surface area contributed by atoms with E-state index in [1.165, 1.54) is 0 Å². The van der Waals surface area contributed by atoms with Crippen molar-refractivity contribution in [2.45, 2.75) is 27.7 Å². The second-order valence-electron chi connectivity index (χ2n) is 5.21. The third kappa shape index (κ3) is 1.83. The quantitative estimate of drug-likeness (QED) is 0.302. The molecule has 0 saturated carbocycles. The zero-order chi connectivity index (χ0) is 13.7. The van der Waals surface area contributed by atoms with E-state index in [1.54, 1.807) is 0 Å². The van der Waals surface area contributed by atoms with Gasteiger partial charge in [-0.1, -0.05) is 0 Å². The fraction of sp³-hybridized carbons (Fsp3) is 1.00. The second-order valence-corrected chi connectivity index (χ2v) is 50.2. The minimum atomic E-state index is -4.43. The van der Waals surface area contributed by atoms with Gasteiger partial charge in [0.1, 0.15) is 0 Å². The van der Waals surface area contributed by atoms with Crippen molar-refractivity contribution in [3.8, 4) is 0 Å². The van der Waals surface area contributed by atoms with Gasteiger partial charge in [0, 0.05) is 0 Å². The van der Waals surface area contributed by atoms with Gasteiger partial charge in [-0.25, -0.2) is 0 Å². The molecule has 0 N–H and O–H groups in total. The fourth-order valence-corrected chi connectivity index (χ4v) is 65.9. The molecule has 1 saturated heterocycles. The van der Waals surface area contributed by atoms with Crippen molar-refractivity contribution in [2.75, 3.05) is 37.0 Å². The Labute approximate surface area is 125 Å². The predicted octanol–water partition coefficient (Wildman–Crippen LogP) is 6.41. The fourth-order valence-electron chi connectivity index (χ4n) is 3.59. The van der Waals surface area contributed by atoms with E-state index in [0.29, 0.717) is 0 Å². The van der Waals surface area contributed by atoms with Crippen LogP contribution in [0.5, 0.6) is 0 Å². The first-order valence-electron chi connectivity index (χ1n) is 6.43. The van der Waals surface area contributed by atoms with Gasteiger partial charge in [0.15, 0.2) is 0 Å². The Bertz CT molecular complexity index is 290. The molecule has 1 heterocycles. The van der Waals surface area contributed by atoms with E-state index in [9.17, 15) is 0 Å². The third-order valence-corrected chi connectivity index (χ3v) is 66.0. The first-order valence-corrected chi connectivity index (χ1v) is 19.8. The molecule has 0 bridgehead atoms. The van der Waals surface area contributed by atoms with Crippen LogP contribution in [0.2, 0.25) is 0 Å². The molecular weight excluding hydrogens is 352 g/mol. The maximum absolute atomic E-state index is 7.07. The van der Waals surface area contributed by atoms with Crippen LogP contribution in [0.25, 0.3) is 0 Å². The summed E-state index contributed by atoms with van der Waals surface area (Å²) in [5, 5.41) is 0. The molecular formula is C10H24Cl4P2Si. The molecule has 0 aromatic rings. The molecule has 1 fully saturated rings. The molecule has 106 valence electrons. The number of rotatable bonds is 4. The van der Waals surface area contributed by atoms with Crippen LogP contribution in [0.1, 0.15) is 27.7 Å². The minimum absolute atomic E-state index is 0.995. The molecule has 1 aliphatic rings. The number of halogens is 4. The van der Waals surface area contributed by atoms with Gasteiger partial charge >= 0.3 is 126 Å². The van der Waals surface area contributed by atoms with Crippen LogP contribution in [0.3, 0.4) is 0 Å². The molecule has 1 aliphatic heterocycles. The molecule has 1 rings (SSSR count). The average Bonchev–Trinajstić information content (AvgIpc) is 2.39. The summed E-state index contributed by atoms with van der Waals surface area (Å²) in [6, 6.07) is 0. The van der Waals surface area contributed by atoms with Gasteiger partial charge in [-0.15, -0.1) is 0 Å². The summed E-state index contributed by atoms with van der Waals surface area (Å²) in [5.41, 5.74) is 0. The van der Waals surface area contributed by atoms with E-state index >= 15 is 0 Å². The Hall–Kier alpha value is 2.24. The summed E-state index contributed by atoms with van der Waals surface area (Å²) in [4.78, 5) is 0. The van der Waals surface area contributed by atoms with Gasteiger partial charge in [-0.2, -0.15) is 0 Å². The van der Waals surface area contributed by atoms with Crippen LogP contribution in [-0.2, 0) is 0 Å². The van der Waals surface area contributed by atoms with Crippen molar-refractivity contribution in [2.24, 2.45) is 0 Å². The van der Waals surface area contributed by atoms with Gasteiger partial charge in [0.2, 0.25) is 0 Å². The molecule has 0 spiro atoms. The van der Waals surface area contributed by atoms with Gasteiger partial charge in [0.25, 0.3) is 0 Å². The number of hydrogen-bond donors (Lipinski definition) is 0. The maximum atomic E-state index is 7.07. The molecule has 0 radical (unpaired) electrons. The normalized spacial score (nSPS) is 35.3. The summed E-state index contributed by atoms with van der Waals surface area (Å²) in [5.74, 6) is 0. The standard InChI is InChI=1S/C10H24Cl4P2Si/c1-5-15(6-2)9-10-16(7-3,8-4)17(15,11,12,13)14/h5-10H2,1-4H3. The average molecular weight is 376 g/mol. The molecule has 0 atom stereocenters. The Morgan fingerprint density at radius 2 is 0.941 bits per heavy atom. The molecule has 7 heteroatoms. The van der Waals surface area contributed by atoms with E-state index in [0.717, 1.165) is 37.0 Å². The molecule has 0 amide bonds. The van der Waals surface area contributed by atoms with Crippen LogP contribution >= 0.6 is 57.9 Å². The summed E-state index contributed by atoms with van der Waals surface area (Å²) < 4.78 is -4.43. The van der Waals surface area contributed by atoms with Crippen LogP contribution < -0.4 is 0 Å². The number of hydrogen-bond acceptors (Lipinski definition) is 0. The zero-order valence-electron chi connectivity index (χ0n) is 11.1. The van der Waals surface area contributed by atoms with Crippen molar-refractivity contribution >= 4 is 61.1 Å². The van der Waals surface area contributed by atoms with E-state index in [1.807, 2.05) is 0 Å². The van der Waals surface area contributed by atoms with E-state index in [2.05, 4.69) is 27.7 Å². The SMILES string of the molecule is CC[P+]1(CC)CC[P+](CC)(CC)[Si-2]1(Cl)(Cl)(Cl)Cl. The van der Waals surface area contributed by atoms with E-state index in [4.69, 9.17) is 44.3 Å². The Morgan fingerprint density at radius 3 is 1.06 bits per heavy atom. The summed E-state index contributed by atoms with van der Waals surface area (Å²) in [7, 11) is 0. The molecule has 0 aromatic heterocycles. The molecule has 0 nitrogen and oxygen atoms in total. The van der Waals surface area contributed by atoms with Crippen molar-refractivity contribution in [3.05, 3.63) is 0 Å². The second kappa shape index (κ2) is 4.36. The van der Waals surface area contributed by atoms with Gasteiger partial charge in [-0.05, 0) is 0 Å². The van der Waals surface area contributed by atoms with Gasteiger partial charge < -0.3 is 0 Å². The monoisotopic (exact) mass is 374 g/mol. The Kier molecular flexibility index (Phi) is 4.44. The molecule has 0 aromatic carbocycles. The van der Waals surface area contributed by atoms with Crippen LogP contribution in [0.4, 0.5) is 0 Å².